The maximum atomic E-state index is 14.1. The first-order chi connectivity index (χ1) is 19.7. The van der Waals surface area contributed by atoms with E-state index in [9.17, 15) is 40.7 Å². The van der Waals surface area contributed by atoms with Gasteiger partial charge in [-0.25, -0.2) is 13.2 Å². The van der Waals surface area contributed by atoms with Crippen molar-refractivity contribution in [1.82, 2.24) is 20.1 Å². The van der Waals surface area contributed by atoms with Crippen molar-refractivity contribution in [2.75, 3.05) is 0 Å². The highest BCUT2D eigenvalue weighted by atomic mass is 19.4. The zero-order valence-electron chi connectivity index (χ0n) is 21.3. The monoisotopic (exact) mass is 590 g/mol. The van der Waals surface area contributed by atoms with E-state index < -0.39 is 70.8 Å². The number of nitrogens with two attached hydrogens (primary N) is 2. The van der Waals surface area contributed by atoms with Crippen molar-refractivity contribution >= 4 is 17.7 Å². The molecule has 15 heteroatoms. The average Bonchev–Trinajstić information content (AvgIpc) is 3.33. The molecule has 0 radical (unpaired) electrons. The Morgan fingerprint density at radius 3 is 2.19 bits per heavy atom. The van der Waals surface area contributed by atoms with Crippen molar-refractivity contribution in [3.8, 4) is 11.1 Å². The Morgan fingerprint density at radius 1 is 0.929 bits per heavy atom. The Hall–Kier alpha value is -5.21. The molecule has 0 saturated carbocycles. The number of amides is 3. The third kappa shape index (κ3) is 6.74. The number of rotatable bonds is 9. The molecule has 0 saturated heterocycles. The van der Waals surface area contributed by atoms with Gasteiger partial charge in [0, 0.05) is 24.0 Å². The molecule has 42 heavy (non-hydrogen) atoms. The first-order valence-corrected chi connectivity index (χ1v) is 12.0. The van der Waals surface area contributed by atoms with Gasteiger partial charge in [-0.2, -0.15) is 18.3 Å². The molecule has 3 amide bonds. The number of pyridine rings is 1. The molecule has 218 valence electrons. The highest BCUT2D eigenvalue weighted by molar-refractivity contribution is 5.95. The standard InChI is InChI=1S/C27H20F6N6O3/c28-15-6-13(7-16(29)10-15)8-21(37-22(40)12-39-11-19(26(35)42)24(38-39)27(31,32)33)23-17(2-1-5-36-23)14-3-4-20(30)18(9-14)25(34)41/h1-7,9-11,21H,8,12H2,(H2,34,41)(H2,35,42)(H,37,40)/t21-/m0/s1. The second-order valence-electron chi connectivity index (χ2n) is 9.05. The van der Waals surface area contributed by atoms with Gasteiger partial charge in [0.2, 0.25) is 5.91 Å². The van der Waals surface area contributed by atoms with Gasteiger partial charge < -0.3 is 16.8 Å². The van der Waals surface area contributed by atoms with Gasteiger partial charge in [-0.15, -0.1) is 0 Å². The van der Waals surface area contributed by atoms with Crippen LogP contribution in [-0.4, -0.2) is 32.5 Å². The molecule has 9 nitrogen and oxygen atoms in total. The summed E-state index contributed by atoms with van der Waals surface area (Å²) in [5.74, 6) is -6.07. The summed E-state index contributed by atoms with van der Waals surface area (Å²) < 4.78 is 82.6. The van der Waals surface area contributed by atoms with E-state index in [-0.39, 0.29) is 28.8 Å². The summed E-state index contributed by atoms with van der Waals surface area (Å²) in [6.45, 7) is -0.811. The normalized spacial score (nSPS) is 12.1. The molecule has 4 rings (SSSR count). The quantitative estimate of drug-likeness (QED) is 0.255. The second-order valence-corrected chi connectivity index (χ2v) is 9.05. The molecule has 2 aromatic carbocycles. The lowest BCUT2D eigenvalue weighted by Gasteiger charge is -2.22. The van der Waals surface area contributed by atoms with E-state index in [2.05, 4.69) is 15.4 Å². The van der Waals surface area contributed by atoms with Gasteiger partial charge in [0.15, 0.2) is 5.69 Å². The summed E-state index contributed by atoms with van der Waals surface area (Å²) in [5.41, 5.74) is 8.03. The number of alkyl halides is 3. The minimum absolute atomic E-state index is 0.0841. The van der Waals surface area contributed by atoms with Crippen LogP contribution in [0.25, 0.3) is 11.1 Å². The summed E-state index contributed by atoms with van der Waals surface area (Å²) in [4.78, 5) is 40.5. The number of hydrogen-bond donors (Lipinski definition) is 3. The minimum atomic E-state index is -5.03. The fraction of sp³-hybridized carbons (Fsp3) is 0.148. The highest BCUT2D eigenvalue weighted by Crippen LogP contribution is 2.32. The molecule has 0 aliphatic heterocycles. The lowest BCUT2D eigenvalue weighted by atomic mass is 9.94. The topological polar surface area (TPSA) is 146 Å². The largest absolute Gasteiger partial charge is 0.435 e. The molecule has 1 atom stereocenters. The Kier molecular flexibility index (Phi) is 8.31. The number of aromatic nitrogens is 3. The van der Waals surface area contributed by atoms with Crippen molar-refractivity contribution < 1.29 is 40.7 Å². The number of carbonyl (C=O) groups excluding carboxylic acids is 3. The zero-order chi connectivity index (χ0) is 30.8. The van der Waals surface area contributed by atoms with Crippen LogP contribution in [0.15, 0.2) is 60.9 Å². The van der Waals surface area contributed by atoms with E-state index in [1.165, 1.54) is 24.4 Å². The van der Waals surface area contributed by atoms with Crippen LogP contribution in [0.4, 0.5) is 26.3 Å². The molecule has 0 bridgehead atoms. The molecular weight excluding hydrogens is 570 g/mol. The summed E-state index contributed by atoms with van der Waals surface area (Å²) in [6, 6.07) is 7.99. The Balaban J connectivity index is 1.74. The Bertz CT molecular complexity index is 1670. The molecule has 0 fully saturated rings. The van der Waals surface area contributed by atoms with Gasteiger partial charge in [0.1, 0.15) is 24.0 Å². The van der Waals surface area contributed by atoms with E-state index in [4.69, 9.17) is 11.5 Å². The van der Waals surface area contributed by atoms with E-state index in [1.54, 1.807) is 0 Å². The minimum Gasteiger partial charge on any atom is -0.366 e. The third-order valence-corrected chi connectivity index (χ3v) is 6.01. The fourth-order valence-electron chi connectivity index (χ4n) is 4.28. The third-order valence-electron chi connectivity index (χ3n) is 6.01. The summed E-state index contributed by atoms with van der Waals surface area (Å²) in [7, 11) is 0. The molecule has 0 spiro atoms. The van der Waals surface area contributed by atoms with Crippen LogP contribution < -0.4 is 16.8 Å². The van der Waals surface area contributed by atoms with Crippen LogP contribution in [0.2, 0.25) is 0 Å². The van der Waals surface area contributed by atoms with Crippen LogP contribution in [-0.2, 0) is 23.9 Å². The number of benzene rings is 2. The Morgan fingerprint density at radius 2 is 1.60 bits per heavy atom. The van der Waals surface area contributed by atoms with Crippen molar-refractivity contribution in [3.05, 3.63) is 106 Å². The van der Waals surface area contributed by atoms with Gasteiger partial charge in [-0.1, -0.05) is 12.1 Å². The van der Waals surface area contributed by atoms with E-state index in [1.807, 2.05) is 0 Å². The average molecular weight is 590 g/mol. The van der Waals surface area contributed by atoms with Crippen LogP contribution in [0.3, 0.4) is 0 Å². The van der Waals surface area contributed by atoms with Crippen molar-refractivity contribution in [2.45, 2.75) is 25.2 Å². The van der Waals surface area contributed by atoms with Crippen LogP contribution >= 0.6 is 0 Å². The van der Waals surface area contributed by atoms with Crippen molar-refractivity contribution in [3.63, 3.8) is 0 Å². The predicted octanol–water partition coefficient (Wildman–Crippen LogP) is 3.68. The lowest BCUT2D eigenvalue weighted by Crippen LogP contribution is -2.34. The molecule has 2 heterocycles. The number of halogens is 6. The van der Waals surface area contributed by atoms with Crippen LogP contribution in [0.1, 0.15) is 43.7 Å². The first-order valence-electron chi connectivity index (χ1n) is 12.0. The number of nitrogens with one attached hydrogen (secondary N) is 1. The smallest absolute Gasteiger partial charge is 0.366 e. The van der Waals surface area contributed by atoms with E-state index in [0.29, 0.717) is 16.9 Å². The van der Waals surface area contributed by atoms with Gasteiger partial charge in [0.25, 0.3) is 11.8 Å². The SMILES string of the molecule is NC(=O)c1cc(-c2cccnc2[C@H](Cc2cc(F)cc(F)c2)NC(=O)Cn2cc(C(N)=O)c(C(F)(F)F)n2)ccc1F. The maximum absolute atomic E-state index is 14.1. The van der Waals surface area contributed by atoms with Gasteiger partial charge >= 0.3 is 6.18 Å². The van der Waals surface area contributed by atoms with Gasteiger partial charge in [-0.3, -0.25) is 24.0 Å². The number of nitrogens with zero attached hydrogens (tertiary/aromatic N) is 3. The fourth-order valence-corrected chi connectivity index (χ4v) is 4.28. The molecule has 0 unspecified atom stereocenters. The summed E-state index contributed by atoms with van der Waals surface area (Å²) in [6.07, 6.45) is -3.28. The van der Waals surface area contributed by atoms with Crippen molar-refractivity contribution in [2.24, 2.45) is 11.5 Å². The van der Waals surface area contributed by atoms with Gasteiger partial charge in [-0.05, 0) is 47.9 Å². The maximum Gasteiger partial charge on any atom is 0.435 e. The number of primary amides is 2. The van der Waals surface area contributed by atoms with Gasteiger partial charge in [0.05, 0.1) is 22.9 Å². The summed E-state index contributed by atoms with van der Waals surface area (Å²) in [5, 5.41) is 5.82. The molecule has 0 aliphatic rings. The molecular formula is C27H20F6N6O3. The first kappa shape index (κ1) is 29.8. The molecule has 2 aromatic heterocycles. The van der Waals surface area contributed by atoms with E-state index >= 15 is 0 Å². The van der Waals surface area contributed by atoms with Crippen LogP contribution in [0.5, 0.6) is 0 Å². The molecule has 0 aliphatic carbocycles. The zero-order valence-corrected chi connectivity index (χ0v) is 21.3. The van der Waals surface area contributed by atoms with E-state index in [0.717, 1.165) is 24.3 Å². The number of hydrogen-bond acceptors (Lipinski definition) is 5. The van der Waals surface area contributed by atoms with Crippen molar-refractivity contribution in [1.29, 1.82) is 0 Å². The number of carbonyl (C=O) groups is 3. The summed E-state index contributed by atoms with van der Waals surface area (Å²) >= 11 is 0. The highest BCUT2D eigenvalue weighted by Gasteiger charge is 2.39. The predicted molar refractivity (Wildman–Crippen MR) is 135 cm³/mol. The molecule has 5 N–H and O–H groups in total. The second kappa shape index (κ2) is 11.7. The van der Waals surface area contributed by atoms with Crippen LogP contribution in [0, 0.1) is 17.5 Å². The lowest BCUT2D eigenvalue weighted by molar-refractivity contribution is -0.142. The Labute approximate surface area is 233 Å². The molecule has 4 aromatic rings.